The van der Waals surface area contributed by atoms with Crippen molar-refractivity contribution in [1.29, 1.82) is 0 Å². The summed E-state index contributed by atoms with van der Waals surface area (Å²) in [6.45, 7) is 6.40. The van der Waals surface area contributed by atoms with Gasteiger partial charge in [0, 0.05) is 19.0 Å². The number of para-hydroxylation sites is 4. The zero-order valence-electron chi connectivity index (χ0n) is 18.7. The summed E-state index contributed by atoms with van der Waals surface area (Å²) in [7, 11) is 0. The topological polar surface area (TPSA) is 29.5 Å². The lowest BCUT2D eigenvalue weighted by Crippen LogP contribution is -2.35. The van der Waals surface area contributed by atoms with Crippen LogP contribution in [0.4, 0.5) is 5.69 Å². The van der Waals surface area contributed by atoms with Gasteiger partial charge >= 0.3 is 5.89 Å². The van der Waals surface area contributed by atoms with Gasteiger partial charge in [-0.25, -0.2) is 0 Å². The summed E-state index contributed by atoms with van der Waals surface area (Å²) in [6, 6.07) is 16.5. The summed E-state index contributed by atoms with van der Waals surface area (Å²) >= 11 is 0. The second-order valence-corrected chi connectivity index (χ2v) is 8.06. The molecule has 2 aromatic carbocycles. The van der Waals surface area contributed by atoms with Crippen LogP contribution in [-0.4, -0.2) is 6.54 Å². The normalized spacial score (nSPS) is 14.6. The van der Waals surface area contributed by atoms with Crippen LogP contribution in [0.1, 0.15) is 58.3 Å². The molecule has 0 atom stereocenters. The third-order valence-corrected chi connectivity index (χ3v) is 5.72. The molecule has 162 valence electrons. The number of anilines is 1. The molecular weight excluding hydrogens is 384 g/mol. The zero-order chi connectivity index (χ0) is 21.5. The van der Waals surface area contributed by atoms with Gasteiger partial charge in [-0.2, -0.15) is 4.57 Å². The average Bonchev–Trinajstić information content (AvgIpc) is 3.32. The number of unbranched alkanes of at least 4 members (excludes halogenated alkanes) is 4. The molecule has 4 rings (SSSR count). The fourth-order valence-electron chi connectivity index (χ4n) is 4.07. The number of hydrogen-bond acceptors (Lipinski definition) is 3. The third kappa shape index (κ3) is 4.84. The Kier molecular flexibility index (Phi) is 7.08. The molecule has 0 radical (unpaired) electrons. The third-order valence-electron chi connectivity index (χ3n) is 5.72. The summed E-state index contributed by atoms with van der Waals surface area (Å²) in [4.78, 5) is 2.28. The first-order valence-electron chi connectivity index (χ1n) is 11.7. The second kappa shape index (κ2) is 10.3. The first kappa shape index (κ1) is 21.2. The van der Waals surface area contributed by atoms with E-state index < -0.39 is 0 Å². The number of benzene rings is 2. The number of aryl methyl sites for hydroxylation is 1. The van der Waals surface area contributed by atoms with E-state index in [1.54, 1.807) is 0 Å². The average molecular weight is 418 g/mol. The van der Waals surface area contributed by atoms with E-state index in [0.29, 0.717) is 0 Å². The number of rotatable bonds is 10. The smallest absolute Gasteiger partial charge is 0.374 e. The number of aromatic nitrogens is 1. The number of ether oxygens (including phenoxy) is 1. The Bertz CT molecular complexity index is 1060. The van der Waals surface area contributed by atoms with E-state index in [1.165, 1.54) is 25.7 Å². The molecule has 0 aliphatic carbocycles. The van der Waals surface area contributed by atoms with Crippen molar-refractivity contribution in [3.63, 3.8) is 0 Å². The Morgan fingerprint density at radius 3 is 2.55 bits per heavy atom. The van der Waals surface area contributed by atoms with Crippen LogP contribution >= 0.6 is 0 Å². The fourth-order valence-corrected chi connectivity index (χ4v) is 4.07. The lowest BCUT2D eigenvalue weighted by molar-refractivity contribution is -0.678. The number of fused-ring (bicyclic) bond motifs is 2. The minimum absolute atomic E-state index is 0.877. The summed E-state index contributed by atoms with van der Waals surface area (Å²) < 4.78 is 14.6. The predicted molar refractivity (Wildman–Crippen MR) is 127 cm³/mol. The van der Waals surface area contributed by atoms with Gasteiger partial charge in [0.1, 0.15) is 0 Å². The molecule has 2 heterocycles. The van der Waals surface area contributed by atoms with Crippen molar-refractivity contribution >= 4 is 22.9 Å². The molecule has 0 saturated carbocycles. The quantitative estimate of drug-likeness (QED) is 0.267. The van der Waals surface area contributed by atoms with Crippen LogP contribution in [-0.2, 0) is 6.54 Å². The molecule has 0 unspecified atom stereocenters. The van der Waals surface area contributed by atoms with Gasteiger partial charge in [-0.05, 0) is 43.2 Å². The van der Waals surface area contributed by atoms with Gasteiger partial charge in [-0.15, -0.1) is 0 Å². The number of allylic oxidation sites excluding steroid dienone is 2. The van der Waals surface area contributed by atoms with Crippen molar-refractivity contribution in [2.45, 2.75) is 58.9 Å². The maximum Gasteiger partial charge on any atom is 0.374 e. The molecule has 0 fully saturated rings. The highest BCUT2D eigenvalue weighted by molar-refractivity contribution is 5.70. The molecule has 0 N–H and O–H groups in total. The summed E-state index contributed by atoms with van der Waals surface area (Å²) in [5, 5.41) is 0. The summed E-state index contributed by atoms with van der Waals surface area (Å²) in [5.41, 5.74) is 3.23. The van der Waals surface area contributed by atoms with Crippen LogP contribution < -0.4 is 14.2 Å². The molecule has 1 aromatic heterocycles. The van der Waals surface area contributed by atoms with Crippen LogP contribution in [0, 0.1) is 0 Å². The number of nitrogens with zero attached hydrogens (tertiary/aromatic N) is 2. The number of hydrogen-bond donors (Lipinski definition) is 0. The molecule has 0 bridgehead atoms. The zero-order valence-corrected chi connectivity index (χ0v) is 18.7. The highest BCUT2D eigenvalue weighted by atomic mass is 16.5. The van der Waals surface area contributed by atoms with Crippen molar-refractivity contribution in [2.75, 3.05) is 11.4 Å². The first-order chi connectivity index (χ1) is 15.3. The van der Waals surface area contributed by atoms with E-state index in [2.05, 4.69) is 59.7 Å². The highest BCUT2D eigenvalue weighted by Crippen LogP contribution is 2.38. The van der Waals surface area contributed by atoms with E-state index in [4.69, 9.17) is 9.15 Å². The molecule has 0 saturated heterocycles. The van der Waals surface area contributed by atoms with Gasteiger partial charge in [0.25, 0.3) is 5.52 Å². The van der Waals surface area contributed by atoms with Gasteiger partial charge in [0.2, 0.25) is 11.5 Å². The standard InChI is InChI=1S/C27H33N2O2/c1-3-5-11-20-28-22-14-7-9-16-24(22)30-26(28)18-13-19-27-29(21-12-6-4-2)23-15-8-10-17-25(23)31-27/h7-10,13-19H,3-6,11-12,20-21H2,1-2H3/q+1. The molecule has 3 aromatic rings. The van der Waals surface area contributed by atoms with Crippen LogP contribution in [0.3, 0.4) is 0 Å². The molecule has 0 spiro atoms. The molecule has 4 nitrogen and oxygen atoms in total. The van der Waals surface area contributed by atoms with Crippen molar-refractivity contribution in [2.24, 2.45) is 0 Å². The van der Waals surface area contributed by atoms with Crippen LogP contribution in [0.2, 0.25) is 0 Å². The minimum atomic E-state index is 0.877. The molecule has 0 amide bonds. The summed E-state index contributed by atoms with van der Waals surface area (Å²) in [5.74, 6) is 2.68. The molecule has 4 heteroatoms. The Balaban J connectivity index is 1.58. The van der Waals surface area contributed by atoms with Gasteiger partial charge in [0.05, 0.1) is 11.8 Å². The van der Waals surface area contributed by atoms with Gasteiger partial charge < -0.3 is 14.1 Å². The van der Waals surface area contributed by atoms with E-state index in [0.717, 1.165) is 60.2 Å². The maximum absolute atomic E-state index is 6.16. The van der Waals surface area contributed by atoms with Crippen LogP contribution in [0.25, 0.3) is 17.2 Å². The van der Waals surface area contributed by atoms with Crippen LogP contribution in [0.15, 0.2) is 71.0 Å². The molecular formula is C27H33N2O2+. The van der Waals surface area contributed by atoms with Crippen molar-refractivity contribution in [3.8, 4) is 5.75 Å². The minimum Gasteiger partial charge on any atom is -0.439 e. The first-order valence-corrected chi connectivity index (χ1v) is 11.7. The predicted octanol–water partition coefficient (Wildman–Crippen LogP) is 6.85. The lowest BCUT2D eigenvalue weighted by atomic mass is 10.2. The number of oxazole rings is 1. The highest BCUT2D eigenvalue weighted by Gasteiger charge is 2.25. The van der Waals surface area contributed by atoms with Crippen molar-refractivity contribution in [3.05, 3.63) is 72.5 Å². The van der Waals surface area contributed by atoms with Crippen molar-refractivity contribution < 1.29 is 13.7 Å². The van der Waals surface area contributed by atoms with Crippen LogP contribution in [0.5, 0.6) is 5.75 Å². The van der Waals surface area contributed by atoms with E-state index in [9.17, 15) is 0 Å². The Morgan fingerprint density at radius 1 is 0.903 bits per heavy atom. The lowest BCUT2D eigenvalue weighted by Gasteiger charge is -2.17. The van der Waals surface area contributed by atoms with E-state index in [1.807, 2.05) is 30.3 Å². The Labute approximate surface area is 185 Å². The van der Waals surface area contributed by atoms with Gasteiger partial charge in [-0.1, -0.05) is 57.4 Å². The Hall–Kier alpha value is -3.01. The van der Waals surface area contributed by atoms with Gasteiger partial charge in [0.15, 0.2) is 12.3 Å². The summed E-state index contributed by atoms with van der Waals surface area (Å²) in [6.07, 6.45) is 13.3. The van der Waals surface area contributed by atoms with E-state index >= 15 is 0 Å². The van der Waals surface area contributed by atoms with E-state index in [-0.39, 0.29) is 0 Å². The molecule has 1 aliphatic rings. The molecule has 31 heavy (non-hydrogen) atoms. The van der Waals surface area contributed by atoms with Gasteiger partial charge in [-0.3, -0.25) is 0 Å². The SMILES string of the molecule is CCCCCN1/C(=C\C=C\c2oc3ccccc3[n+]2CCCCC)Oc2ccccc21. The largest absolute Gasteiger partial charge is 0.439 e. The Morgan fingerprint density at radius 2 is 1.68 bits per heavy atom. The fraction of sp³-hybridized carbons (Fsp3) is 0.370. The monoisotopic (exact) mass is 417 g/mol. The molecule has 1 aliphatic heterocycles. The maximum atomic E-state index is 6.16. The van der Waals surface area contributed by atoms with Crippen molar-refractivity contribution in [1.82, 2.24) is 0 Å². The second-order valence-electron chi connectivity index (χ2n) is 8.06.